The van der Waals surface area contributed by atoms with Gasteiger partial charge < -0.3 is 10.2 Å². The Labute approximate surface area is 166 Å². The van der Waals surface area contributed by atoms with Gasteiger partial charge in [0.1, 0.15) is 0 Å². The van der Waals surface area contributed by atoms with Gasteiger partial charge in [0.25, 0.3) is 5.91 Å². The second kappa shape index (κ2) is 8.90. The van der Waals surface area contributed by atoms with Gasteiger partial charge in [0.05, 0.1) is 15.5 Å². The van der Waals surface area contributed by atoms with Crippen LogP contribution in [0.2, 0.25) is 5.02 Å². The number of likely N-dealkylation sites (tertiary alicyclic amines) is 1. The van der Waals surface area contributed by atoms with Crippen LogP contribution >= 0.6 is 11.6 Å². The molecule has 0 radical (unpaired) electrons. The molecule has 0 bridgehead atoms. The van der Waals surface area contributed by atoms with E-state index in [-0.39, 0.29) is 27.4 Å². The number of rotatable bonds is 4. The number of nitrogens with one attached hydrogen (secondary N) is 1. The lowest BCUT2D eigenvalue weighted by Crippen LogP contribution is -2.43. The molecule has 0 spiro atoms. The Morgan fingerprint density at radius 3 is 2.33 bits per heavy atom. The van der Waals surface area contributed by atoms with Crippen LogP contribution < -0.4 is 5.32 Å². The first-order valence-electron chi connectivity index (χ1n) is 9.67. The molecule has 0 aromatic heterocycles. The Balaban J connectivity index is 1.78. The van der Waals surface area contributed by atoms with Crippen molar-refractivity contribution in [2.24, 2.45) is 0 Å². The maximum atomic E-state index is 13.0. The van der Waals surface area contributed by atoms with Crippen LogP contribution in [-0.2, 0) is 10.0 Å². The number of amides is 1. The minimum absolute atomic E-state index is 0.0932. The predicted molar refractivity (Wildman–Crippen MR) is 107 cm³/mol. The zero-order chi connectivity index (χ0) is 19.4. The van der Waals surface area contributed by atoms with Gasteiger partial charge >= 0.3 is 0 Å². The molecule has 1 aromatic carbocycles. The third-order valence-corrected chi connectivity index (χ3v) is 7.66. The Kier molecular flexibility index (Phi) is 6.78. The quantitative estimate of drug-likeness (QED) is 0.823. The molecule has 1 N–H and O–H groups in total. The fraction of sp³-hybridized carbons (Fsp3) is 0.632. The van der Waals surface area contributed by atoms with Gasteiger partial charge in [-0.2, -0.15) is 4.31 Å². The highest BCUT2D eigenvalue weighted by Gasteiger charge is 2.27. The highest BCUT2D eigenvalue weighted by Crippen LogP contribution is 2.25. The van der Waals surface area contributed by atoms with Gasteiger partial charge in [-0.3, -0.25) is 4.79 Å². The molecule has 3 rings (SSSR count). The van der Waals surface area contributed by atoms with Crippen LogP contribution in [0.15, 0.2) is 23.1 Å². The summed E-state index contributed by atoms with van der Waals surface area (Å²) >= 11 is 6.22. The van der Waals surface area contributed by atoms with Crippen LogP contribution in [0.5, 0.6) is 0 Å². The van der Waals surface area contributed by atoms with Crippen LogP contribution in [0.3, 0.4) is 0 Å². The summed E-state index contributed by atoms with van der Waals surface area (Å²) < 4.78 is 27.5. The summed E-state index contributed by atoms with van der Waals surface area (Å²) in [4.78, 5) is 15.1. The number of hydrogen-bond acceptors (Lipinski definition) is 4. The van der Waals surface area contributed by atoms with Gasteiger partial charge in [0, 0.05) is 19.1 Å². The Hall–Kier alpha value is -1.15. The molecule has 0 atom stereocenters. The summed E-state index contributed by atoms with van der Waals surface area (Å²) in [6.45, 7) is 2.92. The number of carbonyl (C=O) groups excluding carboxylic acids is 1. The fourth-order valence-electron chi connectivity index (χ4n) is 3.69. The molecular weight excluding hydrogens is 386 g/mol. The van der Waals surface area contributed by atoms with Gasteiger partial charge in [-0.05, 0) is 64.0 Å². The van der Waals surface area contributed by atoms with Gasteiger partial charge in [-0.25, -0.2) is 8.42 Å². The van der Waals surface area contributed by atoms with E-state index in [1.807, 2.05) is 0 Å². The standard InChI is InChI=1S/C19H28ClN3O3S/c1-22-12-8-15(9-13-22)21-19(24)17-14-16(6-7-18(17)20)27(25,26)23-10-4-2-3-5-11-23/h6-7,14-15H,2-5,8-13H2,1H3,(H,21,24). The van der Waals surface area contributed by atoms with E-state index >= 15 is 0 Å². The summed E-state index contributed by atoms with van der Waals surface area (Å²) in [5, 5.41) is 3.28. The summed E-state index contributed by atoms with van der Waals surface area (Å²) in [5.74, 6) is -0.303. The Morgan fingerprint density at radius 2 is 1.70 bits per heavy atom. The molecule has 1 aromatic rings. The lowest BCUT2D eigenvalue weighted by molar-refractivity contribution is 0.0917. The highest BCUT2D eigenvalue weighted by molar-refractivity contribution is 7.89. The zero-order valence-corrected chi connectivity index (χ0v) is 17.4. The third-order valence-electron chi connectivity index (χ3n) is 5.44. The predicted octanol–water partition coefficient (Wildman–Crippen LogP) is 2.73. The molecule has 0 aliphatic carbocycles. The summed E-state index contributed by atoms with van der Waals surface area (Å²) in [6, 6.07) is 4.52. The molecule has 150 valence electrons. The molecular formula is C19H28ClN3O3S. The first kappa shape index (κ1) is 20.6. The first-order valence-corrected chi connectivity index (χ1v) is 11.5. The number of piperidine rings is 1. The fourth-order valence-corrected chi connectivity index (χ4v) is 5.43. The van der Waals surface area contributed by atoms with E-state index in [1.54, 1.807) is 0 Å². The van der Waals surface area contributed by atoms with E-state index < -0.39 is 10.0 Å². The van der Waals surface area contributed by atoms with Crippen LogP contribution in [0.4, 0.5) is 0 Å². The normalized spacial score (nSPS) is 21.0. The first-order chi connectivity index (χ1) is 12.9. The monoisotopic (exact) mass is 413 g/mol. The average molecular weight is 414 g/mol. The van der Waals surface area contributed by atoms with Crippen molar-refractivity contribution in [1.82, 2.24) is 14.5 Å². The molecule has 27 heavy (non-hydrogen) atoms. The lowest BCUT2D eigenvalue weighted by atomic mass is 10.0. The van der Waals surface area contributed by atoms with Crippen LogP contribution in [0.25, 0.3) is 0 Å². The zero-order valence-electron chi connectivity index (χ0n) is 15.8. The molecule has 0 saturated carbocycles. The van der Waals surface area contributed by atoms with E-state index in [1.165, 1.54) is 22.5 Å². The molecule has 1 amide bonds. The lowest BCUT2D eigenvalue weighted by Gasteiger charge is -2.29. The van der Waals surface area contributed by atoms with Crippen LogP contribution in [-0.4, -0.2) is 62.8 Å². The number of carbonyl (C=O) groups is 1. The summed E-state index contributed by atoms with van der Waals surface area (Å²) in [7, 11) is -1.55. The second-order valence-electron chi connectivity index (χ2n) is 7.51. The molecule has 0 unspecified atom stereocenters. The van der Waals surface area contributed by atoms with Crippen molar-refractivity contribution in [2.45, 2.75) is 49.5 Å². The molecule has 2 fully saturated rings. The second-order valence-corrected chi connectivity index (χ2v) is 9.86. The van der Waals surface area contributed by atoms with Crippen molar-refractivity contribution in [1.29, 1.82) is 0 Å². The largest absolute Gasteiger partial charge is 0.349 e. The van der Waals surface area contributed by atoms with E-state index in [9.17, 15) is 13.2 Å². The van der Waals surface area contributed by atoms with Crippen LogP contribution in [0, 0.1) is 0 Å². The van der Waals surface area contributed by atoms with Crippen molar-refractivity contribution in [3.8, 4) is 0 Å². The molecule has 6 nitrogen and oxygen atoms in total. The summed E-state index contributed by atoms with van der Waals surface area (Å²) in [5.41, 5.74) is 0.228. The van der Waals surface area contributed by atoms with Crippen molar-refractivity contribution in [2.75, 3.05) is 33.2 Å². The highest BCUT2D eigenvalue weighted by atomic mass is 35.5. The Bertz CT molecular complexity index is 768. The van der Waals surface area contributed by atoms with Gasteiger partial charge in [-0.1, -0.05) is 24.4 Å². The number of nitrogens with zero attached hydrogens (tertiary/aromatic N) is 2. The molecule has 2 saturated heterocycles. The third kappa shape index (κ3) is 5.02. The van der Waals surface area contributed by atoms with Crippen molar-refractivity contribution >= 4 is 27.5 Å². The smallest absolute Gasteiger partial charge is 0.253 e. The molecule has 2 heterocycles. The minimum Gasteiger partial charge on any atom is -0.349 e. The van der Waals surface area contributed by atoms with Gasteiger partial charge in [0.15, 0.2) is 0 Å². The number of sulfonamides is 1. The SMILES string of the molecule is CN1CCC(NC(=O)c2cc(S(=O)(=O)N3CCCCCC3)ccc2Cl)CC1. The maximum Gasteiger partial charge on any atom is 0.253 e. The van der Waals surface area contributed by atoms with E-state index in [2.05, 4.69) is 17.3 Å². The number of benzene rings is 1. The van der Waals surface area contributed by atoms with Gasteiger partial charge in [0.2, 0.25) is 10.0 Å². The van der Waals surface area contributed by atoms with Crippen LogP contribution in [0.1, 0.15) is 48.9 Å². The van der Waals surface area contributed by atoms with E-state index in [0.29, 0.717) is 13.1 Å². The molecule has 8 heteroatoms. The molecule has 2 aliphatic rings. The number of halogens is 1. The minimum atomic E-state index is -3.61. The topological polar surface area (TPSA) is 69.7 Å². The maximum absolute atomic E-state index is 13.0. The average Bonchev–Trinajstić information content (AvgIpc) is 2.94. The van der Waals surface area contributed by atoms with E-state index in [4.69, 9.17) is 11.6 Å². The van der Waals surface area contributed by atoms with Crippen molar-refractivity contribution < 1.29 is 13.2 Å². The van der Waals surface area contributed by atoms with Crippen molar-refractivity contribution in [3.05, 3.63) is 28.8 Å². The van der Waals surface area contributed by atoms with Gasteiger partial charge in [-0.15, -0.1) is 0 Å². The van der Waals surface area contributed by atoms with E-state index in [0.717, 1.165) is 51.6 Å². The van der Waals surface area contributed by atoms with Crippen molar-refractivity contribution in [3.63, 3.8) is 0 Å². The number of hydrogen-bond donors (Lipinski definition) is 1. The summed E-state index contributed by atoms with van der Waals surface area (Å²) in [6.07, 6.45) is 5.61. The molecule has 2 aliphatic heterocycles. The Morgan fingerprint density at radius 1 is 1.07 bits per heavy atom.